The Morgan fingerprint density at radius 2 is 1.42 bits per heavy atom. The lowest BCUT2D eigenvalue weighted by atomic mass is 10.0. The Balaban J connectivity index is 0.000000359. The fourth-order valence-corrected chi connectivity index (χ4v) is 2.44. The normalized spacial score (nSPS) is 10.5. The third-order valence-electron chi connectivity index (χ3n) is 3.16. The number of hydrogen-bond donors (Lipinski definition) is 2. The van der Waals surface area contributed by atoms with E-state index in [1.165, 1.54) is 16.7 Å². The Bertz CT molecular complexity index is 756. The zero-order valence-electron chi connectivity index (χ0n) is 14.7. The Morgan fingerprint density at radius 1 is 0.923 bits per heavy atom. The first-order valence-electron chi connectivity index (χ1n) is 7.87. The highest BCUT2D eigenvalue weighted by molar-refractivity contribution is 6.30. The minimum absolute atomic E-state index is 0.558. The van der Waals surface area contributed by atoms with E-state index < -0.39 is 11.9 Å². The highest BCUT2D eigenvalue weighted by Gasteiger charge is 2.00. The molecule has 5 nitrogen and oxygen atoms in total. The average Bonchev–Trinajstić information content (AvgIpc) is 2.53. The first-order chi connectivity index (χ1) is 12.3. The van der Waals surface area contributed by atoms with Crippen LogP contribution in [0.4, 0.5) is 0 Å². The predicted octanol–water partition coefficient (Wildman–Crippen LogP) is 3.70. The summed E-state index contributed by atoms with van der Waals surface area (Å²) in [7, 11) is 4.17. The van der Waals surface area contributed by atoms with Crippen LogP contribution in [0.15, 0.2) is 60.7 Å². The fourth-order valence-electron chi connectivity index (χ4n) is 2.23. The standard InChI is InChI=1S/C16H18ClN.C4H4O4/c1-18(2)12-15-7-3-5-13(10-15)9-14-6-4-8-16(17)11-14;5-3(6)1-2-4(7)8/h3-8,10-11H,9,12H2,1-2H3;1-2H,(H,5,6)(H,7,8)/b;2-1-. The van der Waals surface area contributed by atoms with E-state index in [-0.39, 0.29) is 0 Å². The van der Waals surface area contributed by atoms with Crippen molar-refractivity contribution < 1.29 is 19.8 Å². The number of aliphatic carboxylic acids is 2. The molecule has 0 atom stereocenters. The van der Waals surface area contributed by atoms with Gasteiger partial charge in [0.1, 0.15) is 0 Å². The number of halogens is 1. The number of rotatable bonds is 6. The minimum atomic E-state index is -1.26. The number of carboxylic acid groups (broad SMARTS) is 2. The van der Waals surface area contributed by atoms with E-state index in [1.807, 2.05) is 18.2 Å². The van der Waals surface area contributed by atoms with Gasteiger partial charge >= 0.3 is 11.9 Å². The summed E-state index contributed by atoms with van der Waals surface area (Å²) in [6.07, 6.45) is 2.05. The Kier molecular flexibility index (Phi) is 9.12. The van der Waals surface area contributed by atoms with E-state index in [2.05, 4.69) is 49.3 Å². The van der Waals surface area contributed by atoms with Crippen molar-refractivity contribution >= 4 is 23.5 Å². The van der Waals surface area contributed by atoms with Gasteiger partial charge in [-0.15, -0.1) is 0 Å². The molecule has 138 valence electrons. The zero-order valence-corrected chi connectivity index (χ0v) is 15.5. The van der Waals surface area contributed by atoms with Gasteiger partial charge in [-0.25, -0.2) is 9.59 Å². The van der Waals surface area contributed by atoms with E-state index in [9.17, 15) is 9.59 Å². The zero-order chi connectivity index (χ0) is 19.5. The van der Waals surface area contributed by atoms with Crippen LogP contribution in [0.3, 0.4) is 0 Å². The van der Waals surface area contributed by atoms with Crippen molar-refractivity contribution in [3.63, 3.8) is 0 Å². The van der Waals surface area contributed by atoms with Crippen molar-refractivity contribution in [2.45, 2.75) is 13.0 Å². The summed E-state index contributed by atoms with van der Waals surface area (Å²) in [5.41, 5.74) is 3.93. The maximum Gasteiger partial charge on any atom is 0.328 e. The minimum Gasteiger partial charge on any atom is -0.478 e. The van der Waals surface area contributed by atoms with Gasteiger partial charge in [-0.1, -0.05) is 48.0 Å². The van der Waals surface area contributed by atoms with E-state index in [4.69, 9.17) is 21.8 Å². The molecule has 0 aliphatic rings. The molecule has 0 unspecified atom stereocenters. The van der Waals surface area contributed by atoms with E-state index >= 15 is 0 Å². The van der Waals surface area contributed by atoms with Gasteiger partial charge in [-0.05, 0) is 49.3 Å². The number of benzene rings is 2. The van der Waals surface area contributed by atoms with Crippen LogP contribution in [0.2, 0.25) is 5.02 Å². The molecule has 0 aliphatic heterocycles. The highest BCUT2D eigenvalue weighted by atomic mass is 35.5. The van der Waals surface area contributed by atoms with Gasteiger partial charge in [0.15, 0.2) is 0 Å². The van der Waals surface area contributed by atoms with Crippen LogP contribution < -0.4 is 0 Å². The Hall–Kier alpha value is -2.63. The monoisotopic (exact) mass is 375 g/mol. The van der Waals surface area contributed by atoms with Gasteiger partial charge in [-0.3, -0.25) is 0 Å². The highest BCUT2D eigenvalue weighted by Crippen LogP contribution is 2.16. The molecule has 0 aromatic heterocycles. The number of carbonyl (C=O) groups is 2. The molecule has 0 bridgehead atoms. The quantitative estimate of drug-likeness (QED) is 0.752. The van der Waals surface area contributed by atoms with Crippen LogP contribution in [-0.4, -0.2) is 41.1 Å². The van der Waals surface area contributed by atoms with Crippen molar-refractivity contribution in [3.05, 3.63) is 82.4 Å². The van der Waals surface area contributed by atoms with Crippen molar-refractivity contribution in [2.75, 3.05) is 14.1 Å². The lowest BCUT2D eigenvalue weighted by Gasteiger charge is -2.11. The van der Waals surface area contributed by atoms with E-state index in [0.29, 0.717) is 12.2 Å². The molecule has 0 heterocycles. The maximum absolute atomic E-state index is 9.55. The van der Waals surface area contributed by atoms with Gasteiger partial charge in [0.2, 0.25) is 0 Å². The molecule has 2 N–H and O–H groups in total. The van der Waals surface area contributed by atoms with Gasteiger partial charge in [0, 0.05) is 23.7 Å². The van der Waals surface area contributed by atoms with Gasteiger partial charge in [0.25, 0.3) is 0 Å². The second-order valence-corrected chi connectivity index (χ2v) is 6.31. The third kappa shape index (κ3) is 9.61. The molecule has 0 fully saturated rings. The molecular formula is C20H22ClNO4. The van der Waals surface area contributed by atoms with Gasteiger partial charge in [0.05, 0.1) is 0 Å². The van der Waals surface area contributed by atoms with Crippen LogP contribution in [0.25, 0.3) is 0 Å². The Labute approximate surface area is 158 Å². The van der Waals surface area contributed by atoms with Crippen LogP contribution in [-0.2, 0) is 22.6 Å². The van der Waals surface area contributed by atoms with E-state index in [1.54, 1.807) is 0 Å². The molecule has 26 heavy (non-hydrogen) atoms. The molecule has 2 aromatic carbocycles. The van der Waals surface area contributed by atoms with Gasteiger partial charge < -0.3 is 15.1 Å². The molecule has 6 heteroatoms. The first kappa shape index (κ1) is 21.4. The van der Waals surface area contributed by atoms with E-state index in [0.717, 1.165) is 18.0 Å². The maximum atomic E-state index is 9.55. The summed E-state index contributed by atoms with van der Waals surface area (Å²) >= 11 is 6.00. The summed E-state index contributed by atoms with van der Waals surface area (Å²) in [5, 5.41) is 16.4. The molecule has 2 rings (SSSR count). The SMILES string of the molecule is CN(C)Cc1cccc(Cc2cccc(Cl)c2)c1.O=C(O)/C=C\C(=O)O. The summed E-state index contributed by atoms with van der Waals surface area (Å²) in [6.45, 7) is 0.976. The lowest BCUT2D eigenvalue weighted by Crippen LogP contribution is -2.10. The molecule has 2 aromatic rings. The average molecular weight is 376 g/mol. The number of carboxylic acids is 2. The fraction of sp³-hybridized carbons (Fsp3) is 0.200. The molecule has 0 spiro atoms. The molecule has 0 aliphatic carbocycles. The van der Waals surface area contributed by atoms with Crippen molar-refractivity contribution in [1.82, 2.24) is 4.90 Å². The van der Waals surface area contributed by atoms with Crippen molar-refractivity contribution in [3.8, 4) is 0 Å². The summed E-state index contributed by atoms with van der Waals surface area (Å²) in [5.74, 6) is -2.51. The number of nitrogens with zero attached hydrogens (tertiary/aromatic N) is 1. The summed E-state index contributed by atoms with van der Waals surface area (Å²) < 4.78 is 0. The largest absolute Gasteiger partial charge is 0.478 e. The van der Waals surface area contributed by atoms with Crippen molar-refractivity contribution in [2.24, 2.45) is 0 Å². The first-order valence-corrected chi connectivity index (χ1v) is 8.25. The second-order valence-electron chi connectivity index (χ2n) is 5.87. The molecule has 0 saturated heterocycles. The van der Waals surface area contributed by atoms with Crippen molar-refractivity contribution in [1.29, 1.82) is 0 Å². The Morgan fingerprint density at radius 3 is 1.92 bits per heavy atom. The third-order valence-corrected chi connectivity index (χ3v) is 3.39. The lowest BCUT2D eigenvalue weighted by molar-refractivity contribution is -0.134. The van der Waals surface area contributed by atoms with Crippen LogP contribution in [0.5, 0.6) is 0 Å². The van der Waals surface area contributed by atoms with Crippen LogP contribution in [0.1, 0.15) is 16.7 Å². The smallest absolute Gasteiger partial charge is 0.328 e. The molecule has 0 amide bonds. The topological polar surface area (TPSA) is 77.8 Å². The van der Waals surface area contributed by atoms with Crippen LogP contribution >= 0.6 is 11.6 Å². The van der Waals surface area contributed by atoms with Gasteiger partial charge in [-0.2, -0.15) is 0 Å². The predicted molar refractivity (Wildman–Crippen MR) is 103 cm³/mol. The number of hydrogen-bond acceptors (Lipinski definition) is 3. The molecule has 0 saturated carbocycles. The molecule has 0 radical (unpaired) electrons. The van der Waals surface area contributed by atoms with Crippen LogP contribution in [0, 0.1) is 0 Å². The summed E-state index contributed by atoms with van der Waals surface area (Å²) in [4.78, 5) is 21.3. The second kappa shape index (κ2) is 11.1. The molecular weight excluding hydrogens is 354 g/mol. The summed E-state index contributed by atoms with van der Waals surface area (Å²) in [6, 6.07) is 16.8.